The van der Waals surface area contributed by atoms with E-state index in [0.717, 1.165) is 6.42 Å². The molecule has 0 aromatic rings. The van der Waals surface area contributed by atoms with Gasteiger partial charge in [0.15, 0.2) is 0 Å². The molecule has 0 heterocycles. The largest absolute Gasteiger partial charge is 0.299 e. The van der Waals surface area contributed by atoms with Crippen LogP contribution in [0.4, 0.5) is 0 Å². The number of carbonyl (C=O) groups is 1. The van der Waals surface area contributed by atoms with Crippen LogP contribution in [0.1, 0.15) is 33.6 Å². The highest BCUT2D eigenvalue weighted by Crippen LogP contribution is 2.29. The molecule has 0 aromatic carbocycles. The molecule has 1 nitrogen and oxygen atoms in total. The van der Waals surface area contributed by atoms with E-state index in [-0.39, 0.29) is 5.41 Å². The number of rotatable bonds is 0. The molecule has 0 fully saturated rings. The third-order valence-corrected chi connectivity index (χ3v) is 2.35. The Morgan fingerprint density at radius 2 is 2.18 bits per heavy atom. The highest BCUT2D eigenvalue weighted by Gasteiger charge is 2.28. The Morgan fingerprint density at radius 1 is 1.55 bits per heavy atom. The van der Waals surface area contributed by atoms with Gasteiger partial charge in [-0.2, -0.15) is 0 Å². The minimum atomic E-state index is -0.124. The Balaban J connectivity index is 2.76. The Morgan fingerprint density at radius 3 is 2.82 bits per heavy atom. The van der Waals surface area contributed by atoms with Crippen molar-refractivity contribution in [3.05, 3.63) is 12.2 Å². The van der Waals surface area contributed by atoms with Crippen molar-refractivity contribution in [2.24, 2.45) is 11.3 Å². The number of allylic oxidation sites excluding steroid dienone is 2. The second kappa shape index (κ2) is 2.80. The van der Waals surface area contributed by atoms with Crippen LogP contribution in [-0.4, -0.2) is 5.78 Å². The number of carbonyl (C=O) groups excluding carboxylic acids is 1. The molecule has 1 atom stereocenters. The maximum Gasteiger partial charge on any atom is 0.139 e. The first-order valence-electron chi connectivity index (χ1n) is 4.22. The molecule has 0 spiro atoms. The third kappa shape index (κ3) is 1.92. The Kier molecular flexibility index (Phi) is 2.17. The van der Waals surface area contributed by atoms with Crippen molar-refractivity contribution in [3.8, 4) is 0 Å². The fraction of sp³-hybridized carbons (Fsp3) is 0.700. The summed E-state index contributed by atoms with van der Waals surface area (Å²) in [7, 11) is 0. The average Bonchev–Trinajstić information content (AvgIpc) is 1.94. The van der Waals surface area contributed by atoms with Crippen LogP contribution in [0.25, 0.3) is 0 Å². The molecule has 11 heavy (non-hydrogen) atoms. The van der Waals surface area contributed by atoms with Gasteiger partial charge in [0.1, 0.15) is 5.78 Å². The summed E-state index contributed by atoms with van der Waals surface area (Å²) in [5.41, 5.74) is -0.124. The predicted octanol–water partition coefficient (Wildman–Crippen LogP) is 2.57. The van der Waals surface area contributed by atoms with E-state index >= 15 is 0 Å². The predicted molar refractivity (Wildman–Crippen MR) is 46.3 cm³/mol. The van der Waals surface area contributed by atoms with Crippen LogP contribution >= 0.6 is 0 Å². The second-order valence-corrected chi connectivity index (χ2v) is 4.12. The fourth-order valence-electron chi connectivity index (χ4n) is 1.35. The maximum atomic E-state index is 11.5. The summed E-state index contributed by atoms with van der Waals surface area (Å²) >= 11 is 0. The van der Waals surface area contributed by atoms with E-state index in [9.17, 15) is 4.79 Å². The molecule has 0 N–H and O–H groups in total. The van der Waals surface area contributed by atoms with Gasteiger partial charge in [-0.15, -0.1) is 0 Å². The van der Waals surface area contributed by atoms with Gasteiger partial charge < -0.3 is 0 Å². The molecule has 1 rings (SSSR count). The van der Waals surface area contributed by atoms with Gasteiger partial charge in [0.05, 0.1) is 0 Å². The van der Waals surface area contributed by atoms with E-state index in [2.05, 4.69) is 19.1 Å². The lowest BCUT2D eigenvalue weighted by atomic mass is 9.83. The number of hydrogen-bond donors (Lipinski definition) is 0. The van der Waals surface area contributed by atoms with Crippen LogP contribution < -0.4 is 0 Å². The van der Waals surface area contributed by atoms with Crippen LogP contribution in [0.3, 0.4) is 0 Å². The second-order valence-electron chi connectivity index (χ2n) is 4.12. The lowest BCUT2D eigenvalue weighted by molar-refractivity contribution is -0.127. The van der Waals surface area contributed by atoms with Crippen molar-refractivity contribution < 1.29 is 4.79 Å². The molecule has 0 saturated heterocycles. The minimum Gasteiger partial charge on any atom is -0.299 e. The Hall–Kier alpha value is -0.590. The monoisotopic (exact) mass is 152 g/mol. The van der Waals surface area contributed by atoms with E-state index in [0.29, 0.717) is 18.1 Å². The Labute approximate surface area is 68.5 Å². The van der Waals surface area contributed by atoms with Gasteiger partial charge in [-0.3, -0.25) is 4.79 Å². The molecule has 0 aromatic heterocycles. The van der Waals surface area contributed by atoms with Crippen molar-refractivity contribution in [1.82, 2.24) is 0 Å². The zero-order valence-corrected chi connectivity index (χ0v) is 7.55. The molecule has 0 saturated carbocycles. The van der Waals surface area contributed by atoms with Gasteiger partial charge in [0.25, 0.3) is 0 Å². The van der Waals surface area contributed by atoms with E-state index in [4.69, 9.17) is 0 Å². The molecule has 0 radical (unpaired) electrons. The van der Waals surface area contributed by atoms with Crippen LogP contribution in [0.15, 0.2) is 12.2 Å². The smallest absolute Gasteiger partial charge is 0.139 e. The van der Waals surface area contributed by atoms with Crippen LogP contribution in [0.2, 0.25) is 0 Å². The molecule has 1 aliphatic rings. The summed E-state index contributed by atoms with van der Waals surface area (Å²) in [6, 6.07) is 0. The summed E-state index contributed by atoms with van der Waals surface area (Å²) in [4.78, 5) is 11.5. The SMILES string of the molecule is CC1C=CCC(C)(C)C(=O)C1. The van der Waals surface area contributed by atoms with Gasteiger partial charge >= 0.3 is 0 Å². The first-order chi connectivity index (χ1) is 5.02. The molecule has 0 aliphatic heterocycles. The third-order valence-electron chi connectivity index (χ3n) is 2.35. The maximum absolute atomic E-state index is 11.5. The van der Waals surface area contributed by atoms with Gasteiger partial charge in [-0.1, -0.05) is 32.9 Å². The highest BCUT2D eigenvalue weighted by molar-refractivity contribution is 5.84. The van der Waals surface area contributed by atoms with E-state index in [1.807, 2.05) is 13.8 Å². The van der Waals surface area contributed by atoms with Crippen LogP contribution in [0, 0.1) is 11.3 Å². The quantitative estimate of drug-likeness (QED) is 0.487. The molecular weight excluding hydrogens is 136 g/mol. The molecular formula is C10H16O. The zero-order valence-electron chi connectivity index (χ0n) is 7.55. The average molecular weight is 152 g/mol. The first-order valence-corrected chi connectivity index (χ1v) is 4.22. The molecule has 0 bridgehead atoms. The molecule has 1 aliphatic carbocycles. The van der Waals surface area contributed by atoms with E-state index in [1.165, 1.54) is 0 Å². The van der Waals surface area contributed by atoms with Crippen molar-refractivity contribution in [1.29, 1.82) is 0 Å². The molecule has 0 amide bonds. The topological polar surface area (TPSA) is 17.1 Å². The highest BCUT2D eigenvalue weighted by atomic mass is 16.1. The molecule has 1 heteroatoms. The number of ketones is 1. The van der Waals surface area contributed by atoms with Crippen molar-refractivity contribution in [2.45, 2.75) is 33.6 Å². The van der Waals surface area contributed by atoms with Crippen LogP contribution in [0.5, 0.6) is 0 Å². The first kappa shape index (κ1) is 8.51. The van der Waals surface area contributed by atoms with Crippen molar-refractivity contribution >= 4 is 5.78 Å². The number of Topliss-reactive ketones (excluding diaryl/α,β-unsaturated/α-hetero) is 1. The van der Waals surface area contributed by atoms with Crippen molar-refractivity contribution in [2.75, 3.05) is 0 Å². The van der Waals surface area contributed by atoms with E-state index in [1.54, 1.807) is 0 Å². The summed E-state index contributed by atoms with van der Waals surface area (Å²) in [6.45, 7) is 6.14. The zero-order chi connectivity index (χ0) is 8.48. The normalized spacial score (nSPS) is 30.1. The fourth-order valence-corrected chi connectivity index (χ4v) is 1.35. The minimum absolute atomic E-state index is 0.124. The summed E-state index contributed by atoms with van der Waals surface area (Å²) in [5, 5.41) is 0. The van der Waals surface area contributed by atoms with Gasteiger partial charge in [0, 0.05) is 11.8 Å². The lowest BCUT2D eigenvalue weighted by Gasteiger charge is -2.19. The van der Waals surface area contributed by atoms with Gasteiger partial charge in [-0.05, 0) is 12.3 Å². The lowest BCUT2D eigenvalue weighted by Crippen LogP contribution is -2.23. The Bertz CT molecular complexity index is 189. The van der Waals surface area contributed by atoms with Gasteiger partial charge in [-0.25, -0.2) is 0 Å². The number of hydrogen-bond acceptors (Lipinski definition) is 1. The molecule has 62 valence electrons. The van der Waals surface area contributed by atoms with Gasteiger partial charge in [0.2, 0.25) is 0 Å². The standard InChI is InChI=1S/C10H16O/c1-8-5-4-6-10(2,3)9(11)7-8/h4-5,8H,6-7H2,1-3H3. The van der Waals surface area contributed by atoms with Crippen LogP contribution in [-0.2, 0) is 4.79 Å². The summed E-state index contributed by atoms with van der Waals surface area (Å²) < 4.78 is 0. The summed E-state index contributed by atoms with van der Waals surface area (Å²) in [6.07, 6.45) is 5.89. The van der Waals surface area contributed by atoms with E-state index < -0.39 is 0 Å². The summed E-state index contributed by atoms with van der Waals surface area (Å²) in [5.74, 6) is 0.833. The molecule has 1 unspecified atom stereocenters. The van der Waals surface area contributed by atoms with Crippen molar-refractivity contribution in [3.63, 3.8) is 0 Å².